The van der Waals surface area contributed by atoms with Gasteiger partial charge in [-0.2, -0.15) is 0 Å². The van der Waals surface area contributed by atoms with Gasteiger partial charge in [0.05, 0.1) is 4.90 Å². The Balaban J connectivity index is 0.00000182. The fraction of sp³-hybridized carbons (Fsp3) is 0.684. The lowest BCUT2D eigenvalue weighted by Crippen LogP contribution is -2.47. The molecular weight excluding hydrogens is 356 g/mol. The van der Waals surface area contributed by atoms with Crippen molar-refractivity contribution in [2.75, 3.05) is 0 Å². The minimum atomic E-state index is -3.40. The highest BCUT2D eigenvalue weighted by molar-refractivity contribution is 7.89. The number of fused-ring (bicyclic) bond motifs is 2. The molecule has 0 radical (unpaired) electrons. The summed E-state index contributed by atoms with van der Waals surface area (Å²) in [5.74, 6) is 0.614. The molecule has 2 atom stereocenters. The van der Waals surface area contributed by atoms with Crippen molar-refractivity contribution in [3.05, 3.63) is 29.8 Å². The lowest BCUT2D eigenvalue weighted by molar-refractivity contribution is 0.345. The van der Waals surface area contributed by atoms with Crippen LogP contribution in [0.3, 0.4) is 0 Å². The topological polar surface area (TPSA) is 58.2 Å². The highest BCUT2D eigenvalue weighted by atomic mass is 35.5. The largest absolute Gasteiger partial charge is 0.311 e. The summed E-state index contributed by atoms with van der Waals surface area (Å²) in [5, 5.41) is 3.55. The molecule has 2 unspecified atom stereocenters. The first-order valence-corrected chi connectivity index (χ1v) is 11.0. The maximum absolute atomic E-state index is 12.7. The van der Waals surface area contributed by atoms with Crippen molar-refractivity contribution >= 4 is 22.4 Å². The Kier molecular flexibility index (Phi) is 6.09. The number of piperidine rings is 1. The Bertz CT molecular complexity index is 659. The highest BCUT2D eigenvalue weighted by Gasteiger charge is 2.35. The summed E-state index contributed by atoms with van der Waals surface area (Å²) in [6, 6.07) is 8.69. The highest BCUT2D eigenvalue weighted by Crippen LogP contribution is 2.33. The first-order valence-electron chi connectivity index (χ1n) is 9.48. The Labute approximate surface area is 157 Å². The Morgan fingerprint density at radius 3 is 2.08 bits per heavy atom. The van der Waals surface area contributed by atoms with Crippen molar-refractivity contribution in [1.82, 2.24) is 10.0 Å². The molecule has 1 aromatic rings. The van der Waals surface area contributed by atoms with Gasteiger partial charge in [-0.15, -0.1) is 12.4 Å². The normalized spacial score (nSPS) is 30.0. The van der Waals surface area contributed by atoms with Gasteiger partial charge in [0, 0.05) is 18.1 Å². The van der Waals surface area contributed by atoms with Gasteiger partial charge in [-0.05, 0) is 62.1 Å². The smallest absolute Gasteiger partial charge is 0.240 e. The number of nitrogens with one attached hydrogen (secondary N) is 2. The average Bonchev–Trinajstić information content (AvgIpc) is 2.94. The Morgan fingerprint density at radius 1 is 0.880 bits per heavy atom. The molecule has 0 spiro atoms. The second-order valence-electron chi connectivity index (χ2n) is 7.83. The second-order valence-corrected chi connectivity index (χ2v) is 9.55. The first kappa shape index (κ1) is 19.2. The zero-order chi connectivity index (χ0) is 16.6. The quantitative estimate of drug-likeness (QED) is 0.831. The molecule has 3 aliphatic rings. The summed E-state index contributed by atoms with van der Waals surface area (Å²) >= 11 is 0. The summed E-state index contributed by atoms with van der Waals surface area (Å²) in [6.07, 6.45) is 10.6. The van der Waals surface area contributed by atoms with E-state index in [1.54, 1.807) is 12.1 Å². The molecule has 1 saturated carbocycles. The van der Waals surface area contributed by atoms with Crippen LogP contribution in [-0.2, 0) is 10.0 Å². The van der Waals surface area contributed by atoms with E-state index in [4.69, 9.17) is 0 Å². The van der Waals surface area contributed by atoms with E-state index < -0.39 is 10.0 Å². The Hall–Kier alpha value is -0.620. The molecule has 2 aliphatic heterocycles. The van der Waals surface area contributed by atoms with Crippen LogP contribution in [0, 0.1) is 0 Å². The van der Waals surface area contributed by atoms with Crippen molar-refractivity contribution in [2.45, 2.75) is 86.7 Å². The van der Waals surface area contributed by atoms with E-state index in [-0.39, 0.29) is 18.4 Å². The molecule has 3 fully saturated rings. The number of hydrogen-bond donors (Lipinski definition) is 2. The summed E-state index contributed by atoms with van der Waals surface area (Å²) in [7, 11) is -3.40. The van der Waals surface area contributed by atoms with Crippen LogP contribution in [0.4, 0.5) is 0 Å². The third-order valence-electron chi connectivity index (χ3n) is 6.06. The van der Waals surface area contributed by atoms with Crippen LogP contribution < -0.4 is 10.0 Å². The van der Waals surface area contributed by atoms with Gasteiger partial charge in [-0.3, -0.25) is 0 Å². The lowest BCUT2D eigenvalue weighted by Gasteiger charge is -2.29. The van der Waals surface area contributed by atoms with Crippen molar-refractivity contribution in [3.8, 4) is 0 Å². The predicted octanol–water partition coefficient (Wildman–Crippen LogP) is 3.72. The number of benzene rings is 1. The number of sulfonamides is 1. The molecule has 1 aliphatic carbocycles. The van der Waals surface area contributed by atoms with Crippen molar-refractivity contribution in [2.24, 2.45) is 0 Å². The van der Waals surface area contributed by atoms with Gasteiger partial charge < -0.3 is 5.32 Å². The summed E-state index contributed by atoms with van der Waals surface area (Å²) < 4.78 is 28.3. The van der Waals surface area contributed by atoms with E-state index in [1.165, 1.54) is 50.5 Å². The van der Waals surface area contributed by atoms with Crippen molar-refractivity contribution < 1.29 is 8.42 Å². The van der Waals surface area contributed by atoms with Gasteiger partial charge in [0.2, 0.25) is 10.0 Å². The zero-order valence-electron chi connectivity index (χ0n) is 14.6. The fourth-order valence-corrected chi connectivity index (χ4v) is 6.06. The molecule has 6 heteroatoms. The summed E-state index contributed by atoms with van der Waals surface area (Å²) in [6.45, 7) is 0. The number of hydrogen-bond acceptors (Lipinski definition) is 3. The van der Waals surface area contributed by atoms with Crippen LogP contribution in [-0.4, -0.2) is 26.5 Å². The van der Waals surface area contributed by atoms with E-state index in [0.717, 1.165) is 12.8 Å². The van der Waals surface area contributed by atoms with Gasteiger partial charge in [0.1, 0.15) is 0 Å². The van der Waals surface area contributed by atoms with Crippen molar-refractivity contribution in [3.63, 3.8) is 0 Å². The SMILES string of the molecule is Cl.O=S(=O)(NC1CC2CCC(C1)N2)c1ccc(C2CCCCC2)cc1. The molecule has 0 amide bonds. The molecule has 2 N–H and O–H groups in total. The maximum atomic E-state index is 12.7. The van der Waals surface area contributed by atoms with E-state index in [0.29, 0.717) is 22.9 Å². The van der Waals surface area contributed by atoms with Crippen LogP contribution in [0.15, 0.2) is 29.2 Å². The van der Waals surface area contributed by atoms with E-state index in [1.807, 2.05) is 12.1 Å². The monoisotopic (exact) mass is 384 g/mol. The molecule has 4 rings (SSSR count). The minimum absolute atomic E-state index is 0. The van der Waals surface area contributed by atoms with Crippen LogP contribution in [0.5, 0.6) is 0 Å². The van der Waals surface area contributed by atoms with Gasteiger partial charge in [-0.1, -0.05) is 31.4 Å². The second kappa shape index (κ2) is 7.95. The van der Waals surface area contributed by atoms with E-state index in [9.17, 15) is 8.42 Å². The number of rotatable bonds is 4. The standard InChI is InChI=1S/C19H28N2O2S.ClH/c22-24(23,21-18-12-16-8-9-17(13-18)20-16)19-10-6-15(7-11-19)14-4-2-1-3-5-14;/h6-7,10-11,14,16-18,20-21H,1-5,8-9,12-13H2;1H. The molecular formula is C19H29ClN2O2S. The third-order valence-corrected chi connectivity index (χ3v) is 7.60. The molecule has 0 aromatic heterocycles. The Morgan fingerprint density at radius 2 is 1.48 bits per heavy atom. The molecule has 4 nitrogen and oxygen atoms in total. The first-order chi connectivity index (χ1) is 11.6. The molecule has 1 aromatic carbocycles. The number of halogens is 1. The van der Waals surface area contributed by atoms with E-state index in [2.05, 4.69) is 10.0 Å². The van der Waals surface area contributed by atoms with Crippen LogP contribution in [0.25, 0.3) is 0 Å². The molecule has 2 bridgehead atoms. The third kappa shape index (κ3) is 4.38. The van der Waals surface area contributed by atoms with Gasteiger partial charge >= 0.3 is 0 Å². The average molecular weight is 385 g/mol. The predicted molar refractivity (Wildman–Crippen MR) is 103 cm³/mol. The van der Waals surface area contributed by atoms with Gasteiger partial charge in [0.15, 0.2) is 0 Å². The van der Waals surface area contributed by atoms with E-state index >= 15 is 0 Å². The van der Waals surface area contributed by atoms with Gasteiger partial charge in [0.25, 0.3) is 0 Å². The van der Waals surface area contributed by atoms with Crippen LogP contribution in [0.2, 0.25) is 0 Å². The molecule has 2 saturated heterocycles. The zero-order valence-corrected chi connectivity index (χ0v) is 16.2. The lowest BCUT2D eigenvalue weighted by atomic mass is 9.84. The molecule has 140 valence electrons. The summed E-state index contributed by atoms with van der Waals surface area (Å²) in [4.78, 5) is 0.410. The molecule has 25 heavy (non-hydrogen) atoms. The molecule has 2 heterocycles. The van der Waals surface area contributed by atoms with Crippen LogP contribution >= 0.6 is 12.4 Å². The van der Waals surface area contributed by atoms with Gasteiger partial charge in [-0.25, -0.2) is 13.1 Å². The maximum Gasteiger partial charge on any atom is 0.240 e. The van der Waals surface area contributed by atoms with Crippen molar-refractivity contribution in [1.29, 1.82) is 0 Å². The minimum Gasteiger partial charge on any atom is -0.311 e. The summed E-state index contributed by atoms with van der Waals surface area (Å²) in [5.41, 5.74) is 1.30. The fourth-order valence-electron chi connectivity index (χ4n) is 4.80. The van der Waals surface area contributed by atoms with Crippen LogP contribution in [0.1, 0.15) is 69.3 Å².